The van der Waals surface area contributed by atoms with Crippen LogP contribution in [0.4, 0.5) is 13.2 Å². The number of amides is 2. The monoisotopic (exact) mass is 511 g/mol. The first-order chi connectivity index (χ1) is 16.0. The molecule has 0 radical (unpaired) electrons. The van der Waals surface area contributed by atoms with Gasteiger partial charge in [0.1, 0.15) is 12.3 Å². The van der Waals surface area contributed by atoms with Gasteiger partial charge in [-0.25, -0.2) is 5.43 Å². The van der Waals surface area contributed by atoms with Crippen LogP contribution in [0.1, 0.15) is 37.4 Å². The molecule has 0 unspecified atom stereocenters. The zero-order valence-corrected chi connectivity index (χ0v) is 18.9. The van der Waals surface area contributed by atoms with E-state index >= 15 is 0 Å². The van der Waals surface area contributed by atoms with Gasteiger partial charge < -0.3 is 15.5 Å². The second kappa shape index (κ2) is 10.1. The molecule has 0 aliphatic rings. The minimum atomic E-state index is -4.46. The molecule has 3 rings (SSSR count). The minimum Gasteiger partial charge on any atom is -0.506 e. The summed E-state index contributed by atoms with van der Waals surface area (Å²) in [5.41, 5.74) is 2.43. The molecule has 2 amide bonds. The van der Waals surface area contributed by atoms with E-state index in [0.717, 1.165) is 34.8 Å². The lowest BCUT2D eigenvalue weighted by Gasteiger charge is -2.07. The highest BCUT2D eigenvalue weighted by atomic mass is 32.1. The highest BCUT2D eigenvalue weighted by Crippen LogP contribution is 2.40. The van der Waals surface area contributed by atoms with Gasteiger partial charge in [-0.1, -0.05) is 12.1 Å². The molecule has 0 spiro atoms. The van der Waals surface area contributed by atoms with Gasteiger partial charge in [0.05, 0.1) is 31.5 Å². The maximum atomic E-state index is 12.8. The van der Waals surface area contributed by atoms with Crippen molar-refractivity contribution in [2.75, 3.05) is 6.54 Å². The lowest BCUT2D eigenvalue weighted by Crippen LogP contribution is -2.28. The lowest BCUT2D eigenvalue weighted by molar-refractivity contribution is -0.137. The molecule has 0 fully saturated rings. The summed E-state index contributed by atoms with van der Waals surface area (Å²) in [6.07, 6.45) is -4.46. The van der Waals surface area contributed by atoms with Crippen molar-refractivity contribution in [3.8, 4) is 16.2 Å². The number of nitrogens with zero attached hydrogens (tertiary/aromatic N) is 1. The Kier molecular flexibility index (Phi) is 7.37. The van der Waals surface area contributed by atoms with Crippen molar-refractivity contribution >= 4 is 46.2 Å². The maximum absolute atomic E-state index is 12.8. The molecular weight excluding hydrogens is 495 g/mol. The van der Waals surface area contributed by atoms with Gasteiger partial charge in [0, 0.05) is 5.38 Å². The van der Waals surface area contributed by atoms with Crippen LogP contribution in [0.15, 0.2) is 46.9 Å². The van der Waals surface area contributed by atoms with Crippen LogP contribution in [-0.4, -0.2) is 40.3 Å². The Labute approximate surface area is 198 Å². The molecule has 0 aliphatic carbocycles. The summed E-state index contributed by atoms with van der Waals surface area (Å²) in [6, 6.07) is 7.11. The van der Waals surface area contributed by atoms with Crippen molar-refractivity contribution in [3.05, 3.63) is 62.7 Å². The van der Waals surface area contributed by atoms with Crippen LogP contribution >= 0.6 is 22.7 Å². The van der Waals surface area contributed by atoms with Crippen molar-refractivity contribution in [1.29, 1.82) is 0 Å². The standard InChI is InChI=1S/C21H16F3N3O5S2/c1-10(26-27-20(32)15-7-6-14(34-15)19(31)25-8-16(28)29)13-9-33-18(17(13)30)11-2-4-12(5-3-11)21(22,23)24/h2-7,9,30H,8H2,1H3,(H,25,31)(H,27,32)(H,28,29). The molecule has 0 atom stereocenters. The zero-order valence-electron chi connectivity index (χ0n) is 17.3. The Morgan fingerprint density at radius 3 is 2.24 bits per heavy atom. The van der Waals surface area contributed by atoms with E-state index in [2.05, 4.69) is 15.8 Å². The molecular formula is C21H16F3N3O5S2. The summed E-state index contributed by atoms with van der Waals surface area (Å²) in [5.74, 6) is -2.65. The van der Waals surface area contributed by atoms with Gasteiger partial charge in [-0.15, -0.1) is 22.7 Å². The third-order valence-electron chi connectivity index (χ3n) is 4.41. The smallest absolute Gasteiger partial charge is 0.416 e. The summed E-state index contributed by atoms with van der Waals surface area (Å²) in [4.78, 5) is 35.3. The van der Waals surface area contributed by atoms with Crippen LogP contribution in [0.3, 0.4) is 0 Å². The number of aliphatic carboxylic acids is 1. The van der Waals surface area contributed by atoms with Gasteiger partial charge >= 0.3 is 12.1 Å². The highest BCUT2D eigenvalue weighted by molar-refractivity contribution is 7.16. The van der Waals surface area contributed by atoms with Crippen molar-refractivity contribution in [2.24, 2.45) is 5.10 Å². The van der Waals surface area contributed by atoms with E-state index in [4.69, 9.17) is 5.11 Å². The number of benzene rings is 1. The maximum Gasteiger partial charge on any atom is 0.416 e. The second-order valence-corrected chi connectivity index (χ2v) is 8.74. The molecule has 34 heavy (non-hydrogen) atoms. The molecule has 8 nitrogen and oxygen atoms in total. The van der Waals surface area contributed by atoms with Gasteiger partial charge in [0.15, 0.2) is 0 Å². The van der Waals surface area contributed by atoms with Crippen LogP contribution in [-0.2, 0) is 11.0 Å². The molecule has 0 saturated carbocycles. The predicted molar refractivity (Wildman–Crippen MR) is 120 cm³/mol. The van der Waals surface area contributed by atoms with E-state index < -0.39 is 36.1 Å². The Morgan fingerprint density at radius 1 is 1.03 bits per heavy atom. The lowest BCUT2D eigenvalue weighted by atomic mass is 10.1. The van der Waals surface area contributed by atoms with E-state index in [0.29, 0.717) is 16.0 Å². The van der Waals surface area contributed by atoms with Gasteiger partial charge in [-0.2, -0.15) is 18.3 Å². The van der Waals surface area contributed by atoms with Crippen molar-refractivity contribution < 1.29 is 37.8 Å². The Balaban J connectivity index is 1.69. The SMILES string of the molecule is CC(=NNC(=O)c1ccc(C(=O)NCC(=O)O)s1)c1csc(-c2ccc(C(F)(F)F)cc2)c1O. The van der Waals surface area contributed by atoms with Gasteiger partial charge in [0.25, 0.3) is 11.8 Å². The molecule has 0 bridgehead atoms. The summed E-state index contributed by atoms with van der Waals surface area (Å²) in [5, 5.41) is 26.8. The molecule has 0 saturated heterocycles. The van der Waals surface area contributed by atoms with E-state index in [-0.39, 0.29) is 21.2 Å². The topological polar surface area (TPSA) is 128 Å². The third-order valence-corrected chi connectivity index (χ3v) is 6.51. The van der Waals surface area contributed by atoms with Gasteiger partial charge in [-0.05, 0) is 36.8 Å². The van der Waals surface area contributed by atoms with Crippen LogP contribution < -0.4 is 10.7 Å². The van der Waals surface area contributed by atoms with Crippen molar-refractivity contribution in [2.45, 2.75) is 13.1 Å². The van der Waals surface area contributed by atoms with E-state index in [1.54, 1.807) is 5.38 Å². The summed E-state index contributed by atoms with van der Waals surface area (Å²) < 4.78 is 38.3. The molecule has 13 heteroatoms. The van der Waals surface area contributed by atoms with Crippen LogP contribution in [0.25, 0.3) is 10.4 Å². The molecule has 2 heterocycles. The number of rotatable bonds is 7. The number of hydrazone groups is 1. The molecule has 0 aliphatic heterocycles. The fourth-order valence-electron chi connectivity index (χ4n) is 2.70. The van der Waals surface area contributed by atoms with Crippen LogP contribution in [0.2, 0.25) is 0 Å². The predicted octanol–water partition coefficient (Wildman–Crippen LogP) is 4.17. The third kappa shape index (κ3) is 5.80. The van der Waals surface area contributed by atoms with Gasteiger partial charge in [0.2, 0.25) is 0 Å². The number of nitrogens with one attached hydrogen (secondary N) is 2. The average molecular weight is 512 g/mol. The summed E-state index contributed by atoms with van der Waals surface area (Å²) in [7, 11) is 0. The summed E-state index contributed by atoms with van der Waals surface area (Å²) in [6.45, 7) is 0.970. The number of carbonyl (C=O) groups is 3. The number of thiophene rings is 2. The Hall–Kier alpha value is -3.71. The van der Waals surface area contributed by atoms with E-state index in [9.17, 15) is 32.7 Å². The second-order valence-electron chi connectivity index (χ2n) is 6.78. The van der Waals surface area contributed by atoms with E-state index in [1.165, 1.54) is 31.2 Å². The molecule has 3 aromatic rings. The summed E-state index contributed by atoms with van der Waals surface area (Å²) >= 11 is 1.95. The van der Waals surface area contributed by atoms with E-state index in [1.807, 2.05) is 0 Å². The first-order valence-corrected chi connectivity index (χ1v) is 11.1. The quantitative estimate of drug-likeness (QED) is 0.280. The van der Waals surface area contributed by atoms with Crippen LogP contribution in [0, 0.1) is 0 Å². The fourth-order valence-corrected chi connectivity index (χ4v) is 4.52. The molecule has 1 aromatic carbocycles. The Bertz CT molecular complexity index is 1260. The fraction of sp³-hybridized carbons (Fsp3) is 0.143. The molecule has 4 N–H and O–H groups in total. The number of hydrogen-bond donors (Lipinski definition) is 4. The largest absolute Gasteiger partial charge is 0.506 e. The minimum absolute atomic E-state index is 0.142. The normalized spacial score (nSPS) is 11.8. The van der Waals surface area contributed by atoms with Gasteiger partial charge in [-0.3, -0.25) is 14.4 Å². The number of halogens is 3. The number of carboxylic acid groups (broad SMARTS) is 1. The average Bonchev–Trinajstić information content (AvgIpc) is 3.42. The number of hydrogen-bond acceptors (Lipinski definition) is 7. The number of aromatic hydroxyl groups is 1. The first kappa shape index (κ1) is 24.9. The molecule has 178 valence electrons. The Morgan fingerprint density at radius 2 is 1.65 bits per heavy atom. The first-order valence-electron chi connectivity index (χ1n) is 9.40. The molecule has 2 aromatic heterocycles. The number of carbonyl (C=O) groups excluding carboxylic acids is 2. The number of alkyl halides is 3. The number of carboxylic acids is 1. The zero-order chi connectivity index (χ0) is 25.0. The van der Waals surface area contributed by atoms with Crippen molar-refractivity contribution in [3.63, 3.8) is 0 Å². The van der Waals surface area contributed by atoms with Crippen LogP contribution in [0.5, 0.6) is 5.75 Å². The van der Waals surface area contributed by atoms with Crippen molar-refractivity contribution in [1.82, 2.24) is 10.7 Å². The highest BCUT2D eigenvalue weighted by Gasteiger charge is 2.30.